The molecular formula is C18H24N4O3. The van der Waals surface area contributed by atoms with Crippen molar-refractivity contribution in [2.75, 3.05) is 39.3 Å². The summed E-state index contributed by atoms with van der Waals surface area (Å²) in [5.41, 5.74) is 2.02. The monoisotopic (exact) mass is 344 g/mol. The zero-order valence-corrected chi connectivity index (χ0v) is 14.5. The van der Waals surface area contributed by atoms with E-state index in [1.165, 1.54) is 0 Å². The van der Waals surface area contributed by atoms with Crippen LogP contribution in [-0.4, -0.2) is 60.3 Å². The Hall–Kier alpha value is -2.54. The van der Waals surface area contributed by atoms with Crippen LogP contribution in [0.25, 0.3) is 0 Å². The fourth-order valence-electron chi connectivity index (χ4n) is 2.81. The van der Waals surface area contributed by atoms with E-state index in [2.05, 4.69) is 15.4 Å². The van der Waals surface area contributed by atoms with Gasteiger partial charge in [-0.05, 0) is 18.6 Å². The molecule has 0 saturated carbocycles. The van der Waals surface area contributed by atoms with Crippen molar-refractivity contribution in [1.29, 1.82) is 0 Å². The van der Waals surface area contributed by atoms with E-state index in [-0.39, 0.29) is 6.03 Å². The fourth-order valence-corrected chi connectivity index (χ4v) is 2.81. The lowest BCUT2D eigenvalue weighted by Gasteiger charge is -2.34. The zero-order valence-electron chi connectivity index (χ0n) is 14.5. The summed E-state index contributed by atoms with van der Waals surface area (Å²) in [4.78, 5) is 16.3. The van der Waals surface area contributed by atoms with Crippen LogP contribution < -0.4 is 10.1 Å². The number of hydrogen-bond donors (Lipinski definition) is 1. The highest BCUT2D eigenvalue weighted by atomic mass is 16.5. The summed E-state index contributed by atoms with van der Waals surface area (Å²) in [7, 11) is 0. The van der Waals surface area contributed by atoms with E-state index in [9.17, 15) is 4.79 Å². The fraction of sp³-hybridized carbons (Fsp3) is 0.444. The second-order valence-corrected chi connectivity index (χ2v) is 6.10. The molecule has 1 aliphatic rings. The van der Waals surface area contributed by atoms with Crippen molar-refractivity contribution < 1.29 is 14.1 Å². The first-order chi connectivity index (χ1) is 12.2. The molecule has 7 nitrogen and oxygen atoms in total. The van der Waals surface area contributed by atoms with Crippen LogP contribution in [-0.2, 0) is 6.54 Å². The lowest BCUT2D eigenvalue weighted by atomic mass is 10.2. The minimum Gasteiger partial charge on any atom is -0.491 e. The molecule has 25 heavy (non-hydrogen) atoms. The topological polar surface area (TPSA) is 70.8 Å². The molecule has 0 aliphatic carbocycles. The van der Waals surface area contributed by atoms with Gasteiger partial charge in [0.25, 0.3) is 0 Å². The average molecular weight is 344 g/mol. The van der Waals surface area contributed by atoms with Crippen molar-refractivity contribution in [3.63, 3.8) is 0 Å². The summed E-state index contributed by atoms with van der Waals surface area (Å²) in [6.45, 7) is 6.81. The Labute approximate surface area is 147 Å². The first kappa shape index (κ1) is 17.3. The molecule has 1 fully saturated rings. The number of aryl methyl sites for hydroxylation is 1. The van der Waals surface area contributed by atoms with E-state index in [0.29, 0.717) is 26.2 Å². The van der Waals surface area contributed by atoms with E-state index in [1.807, 2.05) is 42.2 Å². The third kappa shape index (κ3) is 4.96. The third-order valence-corrected chi connectivity index (χ3v) is 4.27. The van der Waals surface area contributed by atoms with Gasteiger partial charge in [-0.2, -0.15) is 0 Å². The molecule has 1 aliphatic heterocycles. The van der Waals surface area contributed by atoms with Gasteiger partial charge in [-0.15, -0.1) is 0 Å². The van der Waals surface area contributed by atoms with Gasteiger partial charge in [0, 0.05) is 38.8 Å². The van der Waals surface area contributed by atoms with Gasteiger partial charge in [0.15, 0.2) is 0 Å². The Morgan fingerprint density at radius 3 is 2.76 bits per heavy atom. The number of rotatable bonds is 6. The molecule has 0 unspecified atom stereocenters. The smallest absolute Gasteiger partial charge is 0.317 e. The highest BCUT2D eigenvalue weighted by molar-refractivity contribution is 5.74. The van der Waals surface area contributed by atoms with Crippen LogP contribution in [0, 0.1) is 6.92 Å². The van der Waals surface area contributed by atoms with Crippen molar-refractivity contribution >= 4 is 6.03 Å². The minimum atomic E-state index is -0.0329. The molecule has 2 aromatic rings. The summed E-state index contributed by atoms with van der Waals surface area (Å²) in [5.74, 6) is 0.859. The quantitative estimate of drug-likeness (QED) is 0.811. The lowest BCUT2D eigenvalue weighted by Crippen LogP contribution is -2.51. The van der Waals surface area contributed by atoms with Gasteiger partial charge in [0.05, 0.1) is 12.2 Å². The molecule has 0 atom stereocenters. The molecule has 0 bridgehead atoms. The third-order valence-electron chi connectivity index (χ3n) is 4.27. The first-order valence-corrected chi connectivity index (χ1v) is 8.55. The molecule has 1 N–H and O–H groups in total. The van der Waals surface area contributed by atoms with E-state index >= 15 is 0 Å². The molecule has 1 saturated heterocycles. The van der Waals surface area contributed by atoms with Gasteiger partial charge in [-0.1, -0.05) is 23.4 Å². The molecule has 1 aromatic heterocycles. The SMILES string of the molecule is Cc1ccccc1OCCNC(=O)N1CCN(Cc2ccon2)CC1. The Morgan fingerprint density at radius 1 is 1.24 bits per heavy atom. The molecule has 3 rings (SSSR count). The second kappa shape index (κ2) is 8.53. The number of hydrogen-bond acceptors (Lipinski definition) is 5. The van der Waals surface area contributed by atoms with E-state index < -0.39 is 0 Å². The standard InChI is InChI=1S/C18H24N4O3/c1-15-4-2-3-5-17(15)24-13-7-19-18(23)22-10-8-21(9-11-22)14-16-6-12-25-20-16/h2-6,12H,7-11,13-14H2,1H3,(H,19,23). The zero-order chi connectivity index (χ0) is 17.5. The van der Waals surface area contributed by atoms with E-state index in [0.717, 1.165) is 36.6 Å². The largest absolute Gasteiger partial charge is 0.491 e. The number of carbonyl (C=O) groups excluding carboxylic acids is 1. The maximum absolute atomic E-state index is 12.2. The normalized spacial score (nSPS) is 15.2. The van der Waals surface area contributed by atoms with Crippen LogP contribution in [0.5, 0.6) is 5.75 Å². The Morgan fingerprint density at radius 2 is 2.04 bits per heavy atom. The van der Waals surface area contributed by atoms with Crippen LogP contribution in [0.4, 0.5) is 4.79 Å². The maximum Gasteiger partial charge on any atom is 0.317 e. The van der Waals surface area contributed by atoms with Crippen LogP contribution >= 0.6 is 0 Å². The molecular weight excluding hydrogens is 320 g/mol. The summed E-state index contributed by atoms with van der Waals surface area (Å²) >= 11 is 0. The van der Waals surface area contributed by atoms with Gasteiger partial charge in [0.1, 0.15) is 18.6 Å². The highest BCUT2D eigenvalue weighted by Crippen LogP contribution is 2.15. The molecule has 2 amide bonds. The molecule has 7 heteroatoms. The number of piperazine rings is 1. The number of benzene rings is 1. The van der Waals surface area contributed by atoms with Gasteiger partial charge in [-0.3, -0.25) is 4.90 Å². The minimum absolute atomic E-state index is 0.0329. The van der Waals surface area contributed by atoms with Crippen LogP contribution in [0.2, 0.25) is 0 Å². The number of amides is 2. The second-order valence-electron chi connectivity index (χ2n) is 6.10. The first-order valence-electron chi connectivity index (χ1n) is 8.55. The number of nitrogens with zero attached hydrogens (tertiary/aromatic N) is 3. The Bertz CT molecular complexity index is 667. The molecule has 1 aromatic carbocycles. The maximum atomic E-state index is 12.2. The Kier molecular flexibility index (Phi) is 5.90. The van der Waals surface area contributed by atoms with Crippen molar-refractivity contribution in [3.05, 3.63) is 47.9 Å². The summed E-state index contributed by atoms with van der Waals surface area (Å²) < 4.78 is 10.5. The predicted octanol–water partition coefficient (Wildman–Crippen LogP) is 1.89. The molecule has 0 radical (unpaired) electrons. The van der Waals surface area contributed by atoms with Crippen LogP contribution in [0.1, 0.15) is 11.3 Å². The molecule has 134 valence electrons. The van der Waals surface area contributed by atoms with Gasteiger partial charge in [-0.25, -0.2) is 4.79 Å². The number of ether oxygens (including phenoxy) is 1. The number of carbonyl (C=O) groups is 1. The Balaban J connectivity index is 1.33. The molecule has 2 heterocycles. The van der Waals surface area contributed by atoms with Crippen molar-refractivity contribution in [3.8, 4) is 5.75 Å². The van der Waals surface area contributed by atoms with Gasteiger partial charge < -0.3 is 19.5 Å². The van der Waals surface area contributed by atoms with Crippen molar-refractivity contribution in [1.82, 2.24) is 20.3 Å². The number of para-hydroxylation sites is 1. The predicted molar refractivity (Wildman–Crippen MR) is 93.4 cm³/mol. The van der Waals surface area contributed by atoms with Crippen molar-refractivity contribution in [2.24, 2.45) is 0 Å². The number of nitrogens with one attached hydrogen (secondary N) is 1. The summed E-state index contributed by atoms with van der Waals surface area (Å²) in [6.07, 6.45) is 1.58. The highest BCUT2D eigenvalue weighted by Gasteiger charge is 2.21. The summed E-state index contributed by atoms with van der Waals surface area (Å²) in [5, 5.41) is 6.84. The summed E-state index contributed by atoms with van der Waals surface area (Å²) in [6, 6.07) is 9.70. The number of aromatic nitrogens is 1. The molecule has 0 spiro atoms. The van der Waals surface area contributed by atoms with E-state index in [4.69, 9.17) is 9.26 Å². The lowest BCUT2D eigenvalue weighted by molar-refractivity contribution is 0.132. The van der Waals surface area contributed by atoms with Crippen LogP contribution in [0.15, 0.2) is 41.1 Å². The van der Waals surface area contributed by atoms with Gasteiger partial charge >= 0.3 is 6.03 Å². The van der Waals surface area contributed by atoms with Crippen LogP contribution in [0.3, 0.4) is 0 Å². The van der Waals surface area contributed by atoms with Gasteiger partial charge in [0.2, 0.25) is 0 Å². The van der Waals surface area contributed by atoms with Crippen molar-refractivity contribution in [2.45, 2.75) is 13.5 Å². The van der Waals surface area contributed by atoms with E-state index in [1.54, 1.807) is 6.26 Å². The average Bonchev–Trinajstić information content (AvgIpc) is 3.13. The number of urea groups is 1.